The van der Waals surface area contributed by atoms with Crippen molar-refractivity contribution in [1.29, 1.82) is 0 Å². The molecule has 1 heterocycles. The van der Waals surface area contributed by atoms with Crippen LogP contribution < -0.4 is 0 Å². The molecule has 0 atom stereocenters. The van der Waals surface area contributed by atoms with Crippen molar-refractivity contribution in [3.63, 3.8) is 0 Å². The normalized spacial score (nSPS) is 17.3. The Morgan fingerprint density at radius 3 is 2.67 bits per heavy atom. The minimum atomic E-state index is 0.466. The zero-order valence-corrected chi connectivity index (χ0v) is 9.00. The van der Waals surface area contributed by atoms with Crippen molar-refractivity contribution >= 4 is 15.9 Å². The Balaban J connectivity index is 2.30. The highest BCUT2D eigenvalue weighted by atomic mass is 79.9. The van der Waals surface area contributed by atoms with Crippen LogP contribution in [-0.2, 0) is 0 Å². The lowest BCUT2D eigenvalue weighted by Crippen LogP contribution is -2.01. The molecule has 1 aromatic rings. The van der Waals surface area contributed by atoms with Gasteiger partial charge < -0.3 is 0 Å². The number of halogens is 1. The van der Waals surface area contributed by atoms with Crippen molar-refractivity contribution in [1.82, 2.24) is 9.78 Å². The Bertz CT molecular complexity index is 287. The molecule has 3 heteroatoms. The summed E-state index contributed by atoms with van der Waals surface area (Å²) in [7, 11) is 0. The maximum absolute atomic E-state index is 4.54. The van der Waals surface area contributed by atoms with Crippen LogP contribution in [0.25, 0.3) is 0 Å². The molecule has 66 valence electrons. The first kappa shape index (κ1) is 8.30. The Labute approximate surface area is 81.1 Å². The Hall–Kier alpha value is -0.310. The quantitative estimate of drug-likeness (QED) is 0.761. The molecule has 0 amide bonds. The van der Waals surface area contributed by atoms with Gasteiger partial charge in [0.1, 0.15) is 0 Å². The molecule has 0 unspecified atom stereocenters. The molecule has 0 aliphatic heterocycles. The monoisotopic (exact) mass is 228 g/mol. The van der Waals surface area contributed by atoms with Gasteiger partial charge in [0.05, 0.1) is 10.2 Å². The summed E-state index contributed by atoms with van der Waals surface area (Å²) in [5.74, 6) is 0.736. The van der Waals surface area contributed by atoms with Crippen LogP contribution in [0.2, 0.25) is 0 Å². The molecule has 1 fully saturated rings. The summed E-state index contributed by atoms with van der Waals surface area (Å²) in [6.45, 7) is 4.30. The van der Waals surface area contributed by atoms with Crippen molar-refractivity contribution < 1.29 is 0 Å². The fourth-order valence-corrected chi connectivity index (χ4v) is 1.89. The third-order valence-electron chi connectivity index (χ3n) is 2.21. The van der Waals surface area contributed by atoms with Crippen LogP contribution in [0.1, 0.15) is 44.3 Å². The molecular formula is C9H13BrN2. The minimum Gasteiger partial charge on any atom is -0.269 e. The van der Waals surface area contributed by atoms with E-state index in [0.717, 1.165) is 5.92 Å². The second-order valence-electron chi connectivity index (χ2n) is 3.71. The summed E-state index contributed by atoms with van der Waals surface area (Å²) in [6.07, 6.45) is 4.71. The Morgan fingerprint density at radius 2 is 2.25 bits per heavy atom. The lowest BCUT2D eigenvalue weighted by atomic mass is 10.3. The van der Waals surface area contributed by atoms with Crippen LogP contribution in [0.4, 0.5) is 0 Å². The number of rotatable bonds is 2. The van der Waals surface area contributed by atoms with Gasteiger partial charge in [0.15, 0.2) is 0 Å². The van der Waals surface area contributed by atoms with Crippen molar-refractivity contribution in [2.24, 2.45) is 0 Å². The second kappa shape index (κ2) is 2.87. The molecule has 0 N–H and O–H groups in total. The number of hydrogen-bond acceptors (Lipinski definition) is 1. The highest BCUT2D eigenvalue weighted by molar-refractivity contribution is 9.10. The smallest absolute Gasteiger partial charge is 0.0797 e. The van der Waals surface area contributed by atoms with Gasteiger partial charge in [-0.2, -0.15) is 5.10 Å². The van der Waals surface area contributed by atoms with Crippen molar-refractivity contribution in [3.8, 4) is 0 Å². The molecule has 0 saturated heterocycles. The second-order valence-corrected chi connectivity index (χ2v) is 4.56. The molecule has 1 aliphatic carbocycles. The van der Waals surface area contributed by atoms with Crippen LogP contribution in [0.3, 0.4) is 0 Å². The van der Waals surface area contributed by atoms with E-state index < -0.39 is 0 Å². The maximum atomic E-state index is 4.54. The van der Waals surface area contributed by atoms with Crippen LogP contribution in [0, 0.1) is 0 Å². The predicted molar refractivity (Wildman–Crippen MR) is 52.3 cm³/mol. The molecular weight excluding hydrogens is 216 g/mol. The Kier molecular flexibility index (Phi) is 1.99. The standard InChI is InChI=1S/C9H13BrN2/c1-6(2)12-5-8(10)9(11-12)7-3-4-7/h5-7H,3-4H2,1-2H3. The van der Waals surface area contributed by atoms with Gasteiger partial charge in [0, 0.05) is 18.2 Å². The van der Waals surface area contributed by atoms with Crippen LogP contribution in [0.5, 0.6) is 0 Å². The van der Waals surface area contributed by atoms with Gasteiger partial charge in [-0.25, -0.2) is 0 Å². The zero-order chi connectivity index (χ0) is 8.72. The van der Waals surface area contributed by atoms with Crippen LogP contribution >= 0.6 is 15.9 Å². The summed E-state index contributed by atoms with van der Waals surface area (Å²) < 4.78 is 3.20. The first-order chi connectivity index (χ1) is 5.68. The summed E-state index contributed by atoms with van der Waals surface area (Å²) in [6, 6.07) is 0.466. The van der Waals surface area contributed by atoms with Crippen molar-refractivity contribution in [2.75, 3.05) is 0 Å². The molecule has 2 nitrogen and oxygen atoms in total. The molecule has 0 spiro atoms. The van der Waals surface area contributed by atoms with Gasteiger partial charge in [-0.1, -0.05) is 0 Å². The topological polar surface area (TPSA) is 17.8 Å². The largest absolute Gasteiger partial charge is 0.269 e. The fourth-order valence-electron chi connectivity index (χ4n) is 1.28. The van der Waals surface area contributed by atoms with E-state index in [1.807, 2.05) is 4.68 Å². The molecule has 0 radical (unpaired) electrons. The molecule has 0 bridgehead atoms. The third kappa shape index (κ3) is 1.42. The molecule has 2 rings (SSSR count). The average Bonchev–Trinajstić information content (AvgIpc) is 2.75. The van der Waals surface area contributed by atoms with Crippen molar-refractivity contribution in [3.05, 3.63) is 16.4 Å². The van der Waals surface area contributed by atoms with E-state index in [1.165, 1.54) is 23.0 Å². The molecule has 1 saturated carbocycles. The Morgan fingerprint density at radius 1 is 1.58 bits per heavy atom. The summed E-state index contributed by atoms with van der Waals surface area (Å²) in [5, 5.41) is 4.54. The average molecular weight is 229 g/mol. The first-order valence-electron chi connectivity index (χ1n) is 4.43. The third-order valence-corrected chi connectivity index (χ3v) is 2.82. The van der Waals surface area contributed by atoms with Crippen LogP contribution in [0.15, 0.2) is 10.7 Å². The highest BCUT2D eigenvalue weighted by Crippen LogP contribution is 2.42. The SMILES string of the molecule is CC(C)n1cc(Br)c(C2CC2)n1. The van der Waals surface area contributed by atoms with E-state index >= 15 is 0 Å². The first-order valence-corrected chi connectivity index (χ1v) is 5.22. The van der Waals surface area contributed by atoms with E-state index in [4.69, 9.17) is 0 Å². The molecule has 1 aromatic heterocycles. The summed E-state index contributed by atoms with van der Waals surface area (Å²) >= 11 is 3.54. The predicted octanol–water partition coefficient (Wildman–Crippen LogP) is 3.10. The lowest BCUT2D eigenvalue weighted by Gasteiger charge is -2.02. The van der Waals surface area contributed by atoms with E-state index in [2.05, 4.69) is 41.1 Å². The van der Waals surface area contributed by atoms with Crippen LogP contribution in [-0.4, -0.2) is 9.78 Å². The van der Waals surface area contributed by atoms with Crippen molar-refractivity contribution in [2.45, 2.75) is 38.6 Å². The van der Waals surface area contributed by atoms with E-state index in [-0.39, 0.29) is 0 Å². The molecule has 1 aliphatic rings. The van der Waals surface area contributed by atoms with Gasteiger partial charge >= 0.3 is 0 Å². The highest BCUT2D eigenvalue weighted by Gasteiger charge is 2.28. The van der Waals surface area contributed by atoms with E-state index in [1.54, 1.807) is 0 Å². The lowest BCUT2D eigenvalue weighted by molar-refractivity contribution is 0.526. The van der Waals surface area contributed by atoms with Gasteiger partial charge in [0.25, 0.3) is 0 Å². The molecule has 0 aromatic carbocycles. The minimum absolute atomic E-state index is 0.466. The fraction of sp³-hybridized carbons (Fsp3) is 0.667. The van der Waals surface area contributed by atoms with Gasteiger partial charge in [-0.15, -0.1) is 0 Å². The van der Waals surface area contributed by atoms with E-state index in [9.17, 15) is 0 Å². The molecule has 12 heavy (non-hydrogen) atoms. The zero-order valence-electron chi connectivity index (χ0n) is 7.42. The summed E-state index contributed by atoms with van der Waals surface area (Å²) in [4.78, 5) is 0. The van der Waals surface area contributed by atoms with Gasteiger partial charge in [0.2, 0.25) is 0 Å². The number of nitrogens with zero attached hydrogens (tertiary/aromatic N) is 2. The summed E-state index contributed by atoms with van der Waals surface area (Å²) in [5.41, 5.74) is 1.25. The van der Waals surface area contributed by atoms with Gasteiger partial charge in [-0.05, 0) is 42.6 Å². The maximum Gasteiger partial charge on any atom is 0.0797 e. The van der Waals surface area contributed by atoms with E-state index in [0.29, 0.717) is 6.04 Å². The number of aromatic nitrogens is 2. The number of hydrogen-bond donors (Lipinski definition) is 0. The van der Waals surface area contributed by atoms with Gasteiger partial charge in [-0.3, -0.25) is 4.68 Å².